The maximum absolute atomic E-state index is 10.6. The molecule has 0 radical (unpaired) electrons. The van der Waals surface area contributed by atoms with E-state index < -0.39 is 0 Å². The summed E-state index contributed by atoms with van der Waals surface area (Å²) in [5.41, 5.74) is 1.32. The first-order valence-corrected chi connectivity index (χ1v) is 7.37. The molecule has 1 aliphatic rings. The van der Waals surface area contributed by atoms with E-state index in [1.165, 1.54) is 12.8 Å². The molecule has 3 unspecified atom stereocenters. The molecule has 3 nitrogen and oxygen atoms in total. The molecule has 0 spiro atoms. The van der Waals surface area contributed by atoms with Gasteiger partial charge >= 0.3 is 0 Å². The molecule has 0 saturated heterocycles. The zero-order valence-electron chi connectivity index (χ0n) is 11.2. The standard InChI is InChI=1S/C15H20ClNO2/c1-11-2-9-15(16)13(10-11)6-3-12-4-7-14(8-5-12)17(18)19/h4-5,7-8,11,13,15H,2-3,6,9-10H2,1H3. The van der Waals surface area contributed by atoms with Gasteiger partial charge in [-0.15, -0.1) is 11.6 Å². The van der Waals surface area contributed by atoms with Gasteiger partial charge in [0.15, 0.2) is 0 Å². The van der Waals surface area contributed by atoms with Crippen LogP contribution < -0.4 is 0 Å². The quantitative estimate of drug-likeness (QED) is 0.461. The number of rotatable bonds is 4. The Morgan fingerprint density at radius 1 is 1.32 bits per heavy atom. The number of aryl methyl sites for hydroxylation is 1. The van der Waals surface area contributed by atoms with Crippen molar-refractivity contribution in [2.45, 2.75) is 44.4 Å². The normalized spacial score (nSPS) is 27.2. The average Bonchev–Trinajstić information content (AvgIpc) is 2.40. The zero-order valence-corrected chi connectivity index (χ0v) is 12.0. The third-order valence-corrected chi connectivity index (χ3v) is 4.68. The van der Waals surface area contributed by atoms with Gasteiger partial charge in [-0.1, -0.05) is 19.1 Å². The molecule has 1 saturated carbocycles. The van der Waals surface area contributed by atoms with E-state index in [0.717, 1.165) is 30.7 Å². The Kier molecular flexibility index (Phi) is 4.81. The highest BCUT2D eigenvalue weighted by atomic mass is 35.5. The Balaban J connectivity index is 1.89. The highest BCUT2D eigenvalue weighted by Gasteiger charge is 2.26. The molecule has 0 aromatic heterocycles. The summed E-state index contributed by atoms with van der Waals surface area (Å²) in [4.78, 5) is 10.2. The number of halogens is 1. The fourth-order valence-electron chi connectivity index (χ4n) is 2.90. The minimum atomic E-state index is -0.360. The van der Waals surface area contributed by atoms with Gasteiger partial charge in [-0.3, -0.25) is 10.1 Å². The average molecular weight is 282 g/mol. The summed E-state index contributed by atoms with van der Waals surface area (Å²) in [5.74, 6) is 1.36. The molecule has 1 aromatic carbocycles. The summed E-state index contributed by atoms with van der Waals surface area (Å²) in [6.07, 6.45) is 5.60. The Labute approximate surface area is 119 Å². The van der Waals surface area contributed by atoms with Crippen LogP contribution in [0.1, 0.15) is 38.2 Å². The van der Waals surface area contributed by atoms with E-state index in [0.29, 0.717) is 11.3 Å². The van der Waals surface area contributed by atoms with E-state index in [4.69, 9.17) is 11.6 Å². The lowest BCUT2D eigenvalue weighted by molar-refractivity contribution is -0.384. The van der Waals surface area contributed by atoms with Crippen molar-refractivity contribution in [1.82, 2.24) is 0 Å². The van der Waals surface area contributed by atoms with Crippen molar-refractivity contribution in [2.24, 2.45) is 11.8 Å². The van der Waals surface area contributed by atoms with Gasteiger partial charge in [0.05, 0.1) is 4.92 Å². The highest BCUT2D eigenvalue weighted by Crippen LogP contribution is 2.35. The van der Waals surface area contributed by atoms with Gasteiger partial charge in [0.1, 0.15) is 0 Å². The topological polar surface area (TPSA) is 43.1 Å². The Morgan fingerprint density at radius 3 is 2.63 bits per heavy atom. The van der Waals surface area contributed by atoms with Crippen LogP contribution in [0.5, 0.6) is 0 Å². The largest absolute Gasteiger partial charge is 0.269 e. The second-order valence-corrected chi connectivity index (χ2v) is 6.22. The van der Waals surface area contributed by atoms with Crippen LogP contribution in [0.15, 0.2) is 24.3 Å². The fraction of sp³-hybridized carbons (Fsp3) is 0.600. The van der Waals surface area contributed by atoms with Crippen LogP contribution in [-0.2, 0) is 6.42 Å². The van der Waals surface area contributed by atoms with E-state index in [1.54, 1.807) is 12.1 Å². The molecule has 3 atom stereocenters. The van der Waals surface area contributed by atoms with Crippen LogP contribution in [0.2, 0.25) is 0 Å². The van der Waals surface area contributed by atoms with Crippen molar-refractivity contribution in [1.29, 1.82) is 0 Å². The second-order valence-electron chi connectivity index (χ2n) is 5.66. The molecular formula is C15H20ClNO2. The van der Waals surface area contributed by atoms with Crippen LogP contribution in [0, 0.1) is 22.0 Å². The fourth-order valence-corrected chi connectivity index (χ4v) is 3.25. The van der Waals surface area contributed by atoms with E-state index in [-0.39, 0.29) is 10.6 Å². The molecule has 0 amide bonds. The van der Waals surface area contributed by atoms with Crippen molar-refractivity contribution in [2.75, 3.05) is 0 Å². The molecular weight excluding hydrogens is 262 g/mol. The first-order valence-electron chi connectivity index (χ1n) is 6.93. The monoisotopic (exact) mass is 281 g/mol. The second kappa shape index (κ2) is 6.38. The SMILES string of the molecule is CC1CCC(Cl)C(CCc2ccc([N+](=O)[O-])cc2)C1. The summed E-state index contributed by atoms with van der Waals surface area (Å²) < 4.78 is 0. The van der Waals surface area contributed by atoms with Crippen molar-refractivity contribution in [3.63, 3.8) is 0 Å². The highest BCUT2D eigenvalue weighted by molar-refractivity contribution is 6.20. The van der Waals surface area contributed by atoms with Gasteiger partial charge in [-0.25, -0.2) is 0 Å². The number of hydrogen-bond donors (Lipinski definition) is 0. The number of alkyl halides is 1. The summed E-state index contributed by atoms with van der Waals surface area (Å²) in [7, 11) is 0. The number of hydrogen-bond acceptors (Lipinski definition) is 2. The molecule has 2 rings (SSSR count). The molecule has 1 aromatic rings. The zero-order chi connectivity index (χ0) is 13.8. The van der Waals surface area contributed by atoms with E-state index in [1.807, 2.05) is 12.1 Å². The van der Waals surface area contributed by atoms with Crippen LogP contribution in [-0.4, -0.2) is 10.3 Å². The van der Waals surface area contributed by atoms with Gasteiger partial charge in [-0.2, -0.15) is 0 Å². The molecule has 19 heavy (non-hydrogen) atoms. The molecule has 0 bridgehead atoms. The summed E-state index contributed by atoms with van der Waals surface area (Å²) in [6.45, 7) is 2.29. The Hall–Kier alpha value is -1.09. The van der Waals surface area contributed by atoms with E-state index in [2.05, 4.69) is 6.92 Å². The third kappa shape index (κ3) is 3.93. The number of nitro benzene ring substituents is 1. The Morgan fingerprint density at radius 2 is 2.00 bits per heavy atom. The number of nitrogens with zero attached hydrogens (tertiary/aromatic N) is 1. The van der Waals surface area contributed by atoms with Crippen molar-refractivity contribution in [3.05, 3.63) is 39.9 Å². The lowest BCUT2D eigenvalue weighted by Gasteiger charge is -2.31. The smallest absolute Gasteiger partial charge is 0.258 e. The predicted molar refractivity (Wildman–Crippen MR) is 77.6 cm³/mol. The minimum absolute atomic E-state index is 0.158. The number of non-ortho nitro benzene ring substituents is 1. The summed E-state index contributed by atoms with van der Waals surface area (Å²) >= 11 is 6.39. The lowest BCUT2D eigenvalue weighted by atomic mass is 9.79. The molecule has 0 aliphatic heterocycles. The first-order chi connectivity index (χ1) is 9.06. The van der Waals surface area contributed by atoms with Crippen molar-refractivity contribution < 1.29 is 4.92 Å². The van der Waals surface area contributed by atoms with Gasteiger partial charge < -0.3 is 0 Å². The van der Waals surface area contributed by atoms with E-state index in [9.17, 15) is 10.1 Å². The molecule has 104 valence electrons. The molecule has 4 heteroatoms. The summed E-state index contributed by atoms with van der Waals surface area (Å²) in [6, 6.07) is 6.87. The van der Waals surface area contributed by atoms with Crippen molar-refractivity contribution >= 4 is 17.3 Å². The van der Waals surface area contributed by atoms with Crippen LogP contribution in [0.3, 0.4) is 0 Å². The molecule has 0 N–H and O–H groups in total. The molecule has 0 heterocycles. The summed E-state index contributed by atoms with van der Waals surface area (Å²) in [5, 5.41) is 10.9. The third-order valence-electron chi connectivity index (χ3n) is 4.10. The molecule has 1 fully saturated rings. The minimum Gasteiger partial charge on any atom is -0.258 e. The molecule has 1 aliphatic carbocycles. The van der Waals surface area contributed by atoms with Crippen LogP contribution in [0.25, 0.3) is 0 Å². The maximum Gasteiger partial charge on any atom is 0.269 e. The van der Waals surface area contributed by atoms with Gasteiger partial charge in [-0.05, 0) is 49.5 Å². The Bertz CT molecular complexity index is 432. The predicted octanol–water partition coefficient (Wildman–Crippen LogP) is 4.57. The van der Waals surface area contributed by atoms with Gasteiger partial charge in [0.2, 0.25) is 0 Å². The first kappa shape index (κ1) is 14.3. The maximum atomic E-state index is 10.6. The van der Waals surface area contributed by atoms with Gasteiger partial charge in [0, 0.05) is 17.5 Å². The van der Waals surface area contributed by atoms with Crippen LogP contribution >= 0.6 is 11.6 Å². The lowest BCUT2D eigenvalue weighted by Crippen LogP contribution is -2.24. The van der Waals surface area contributed by atoms with Gasteiger partial charge in [0.25, 0.3) is 5.69 Å². The van der Waals surface area contributed by atoms with Crippen LogP contribution in [0.4, 0.5) is 5.69 Å². The van der Waals surface area contributed by atoms with Crippen molar-refractivity contribution in [3.8, 4) is 0 Å². The van der Waals surface area contributed by atoms with E-state index >= 15 is 0 Å². The number of nitro groups is 1. The number of benzene rings is 1.